The normalized spacial score (nSPS) is 22.5. The smallest absolute Gasteiger partial charge is 0.165 e. The van der Waals surface area contributed by atoms with Gasteiger partial charge in [0.1, 0.15) is 12.2 Å². The van der Waals surface area contributed by atoms with Crippen LogP contribution >= 0.6 is 0 Å². The SMILES string of the molecule is C[C@]1(COCc2ccccc2)CC(=O)[C@H](OCc2ccccc2)[C@@H](OCc2ccccc2)[C@@H]1OCc1ccccc1. The third-order valence-corrected chi connectivity index (χ3v) is 7.55. The molecule has 4 atom stereocenters. The Labute approximate surface area is 243 Å². The fourth-order valence-electron chi connectivity index (χ4n) is 5.39. The number of Topliss-reactive ketones (excluding diaryl/α,β-unsaturated/α-hetero) is 1. The number of ketones is 1. The van der Waals surface area contributed by atoms with Gasteiger partial charge in [-0.1, -0.05) is 128 Å². The maximum absolute atomic E-state index is 13.8. The summed E-state index contributed by atoms with van der Waals surface area (Å²) in [6.07, 6.45) is -1.55. The Balaban J connectivity index is 1.40. The third kappa shape index (κ3) is 7.99. The molecular weight excluding hydrogens is 512 g/mol. The molecule has 0 aliphatic heterocycles. The lowest BCUT2D eigenvalue weighted by Gasteiger charge is -2.47. The molecule has 4 aromatic carbocycles. The van der Waals surface area contributed by atoms with Crippen molar-refractivity contribution in [2.45, 2.75) is 58.1 Å². The molecular formula is C36H38O5. The van der Waals surface area contributed by atoms with Gasteiger partial charge < -0.3 is 18.9 Å². The zero-order chi connectivity index (χ0) is 28.3. The van der Waals surface area contributed by atoms with Crippen molar-refractivity contribution in [1.82, 2.24) is 0 Å². The second-order valence-electron chi connectivity index (χ2n) is 11.0. The molecule has 5 heteroatoms. The summed E-state index contributed by atoms with van der Waals surface area (Å²) < 4.78 is 25.8. The van der Waals surface area contributed by atoms with Gasteiger partial charge in [0.15, 0.2) is 5.78 Å². The van der Waals surface area contributed by atoms with Crippen molar-refractivity contribution in [3.63, 3.8) is 0 Å². The van der Waals surface area contributed by atoms with E-state index in [1.165, 1.54) is 0 Å². The second kappa shape index (κ2) is 14.3. The third-order valence-electron chi connectivity index (χ3n) is 7.55. The number of benzene rings is 4. The van der Waals surface area contributed by atoms with E-state index < -0.39 is 23.7 Å². The molecule has 0 radical (unpaired) electrons. The molecule has 0 spiro atoms. The Kier molecular flexibility index (Phi) is 10.1. The first-order valence-electron chi connectivity index (χ1n) is 14.2. The van der Waals surface area contributed by atoms with Gasteiger partial charge in [-0.2, -0.15) is 0 Å². The molecule has 0 unspecified atom stereocenters. The average Bonchev–Trinajstić information content (AvgIpc) is 3.01. The minimum absolute atomic E-state index is 0.00404. The molecule has 0 saturated heterocycles. The Morgan fingerprint density at radius 2 is 1.00 bits per heavy atom. The first-order chi connectivity index (χ1) is 20.1. The van der Waals surface area contributed by atoms with E-state index in [1.807, 2.05) is 121 Å². The fourth-order valence-corrected chi connectivity index (χ4v) is 5.39. The highest BCUT2D eigenvalue weighted by Crippen LogP contribution is 2.41. The van der Waals surface area contributed by atoms with Crippen LogP contribution in [0.2, 0.25) is 0 Å². The van der Waals surface area contributed by atoms with E-state index in [2.05, 4.69) is 6.92 Å². The second-order valence-corrected chi connectivity index (χ2v) is 11.0. The zero-order valence-corrected chi connectivity index (χ0v) is 23.6. The predicted molar refractivity (Wildman–Crippen MR) is 159 cm³/mol. The summed E-state index contributed by atoms with van der Waals surface area (Å²) >= 11 is 0. The van der Waals surface area contributed by atoms with Crippen LogP contribution in [0.5, 0.6) is 0 Å². The lowest BCUT2D eigenvalue weighted by Crippen LogP contribution is -2.60. The van der Waals surface area contributed by atoms with Crippen LogP contribution in [0.25, 0.3) is 0 Å². The van der Waals surface area contributed by atoms with Gasteiger partial charge in [0.2, 0.25) is 0 Å². The van der Waals surface area contributed by atoms with Crippen LogP contribution < -0.4 is 0 Å². The Morgan fingerprint density at radius 1 is 0.585 bits per heavy atom. The summed E-state index contributed by atoms with van der Waals surface area (Å²) in [5.41, 5.74) is 3.55. The van der Waals surface area contributed by atoms with Gasteiger partial charge in [-0.05, 0) is 22.3 Å². The Morgan fingerprint density at radius 3 is 1.49 bits per heavy atom. The molecule has 1 fully saturated rings. The van der Waals surface area contributed by atoms with Gasteiger partial charge in [-0.3, -0.25) is 4.79 Å². The van der Waals surface area contributed by atoms with Crippen LogP contribution in [-0.4, -0.2) is 30.7 Å². The summed E-state index contributed by atoms with van der Waals surface area (Å²) in [7, 11) is 0. The van der Waals surface area contributed by atoms with E-state index in [4.69, 9.17) is 18.9 Å². The molecule has 0 aromatic heterocycles. The number of rotatable bonds is 13. The van der Waals surface area contributed by atoms with Crippen LogP contribution in [0.3, 0.4) is 0 Å². The molecule has 212 valence electrons. The van der Waals surface area contributed by atoms with Gasteiger partial charge in [-0.15, -0.1) is 0 Å². The average molecular weight is 551 g/mol. The molecule has 0 amide bonds. The molecule has 0 bridgehead atoms. The number of carbonyl (C=O) groups excluding carboxylic acids is 1. The Hall–Kier alpha value is -3.61. The lowest BCUT2D eigenvalue weighted by molar-refractivity contribution is -0.215. The number of carbonyl (C=O) groups is 1. The topological polar surface area (TPSA) is 54.0 Å². The number of ether oxygens (including phenoxy) is 4. The zero-order valence-electron chi connectivity index (χ0n) is 23.6. The van der Waals surface area contributed by atoms with Gasteiger partial charge in [0, 0.05) is 11.8 Å². The first kappa shape index (κ1) is 28.9. The molecule has 5 rings (SSSR count). The Bertz CT molecular complexity index is 1330. The van der Waals surface area contributed by atoms with Crippen molar-refractivity contribution in [2.24, 2.45) is 5.41 Å². The highest BCUT2D eigenvalue weighted by Gasteiger charge is 2.53. The van der Waals surface area contributed by atoms with Gasteiger partial charge in [-0.25, -0.2) is 0 Å². The monoisotopic (exact) mass is 550 g/mol. The van der Waals surface area contributed by atoms with Crippen LogP contribution in [-0.2, 0) is 50.2 Å². The van der Waals surface area contributed by atoms with E-state index in [9.17, 15) is 4.79 Å². The fraction of sp³-hybridized carbons (Fsp3) is 0.306. The van der Waals surface area contributed by atoms with Crippen molar-refractivity contribution >= 4 is 5.78 Å². The maximum atomic E-state index is 13.8. The van der Waals surface area contributed by atoms with Gasteiger partial charge >= 0.3 is 0 Å². The van der Waals surface area contributed by atoms with Crippen molar-refractivity contribution in [3.05, 3.63) is 144 Å². The largest absolute Gasteiger partial charge is 0.376 e. The minimum atomic E-state index is -0.762. The first-order valence-corrected chi connectivity index (χ1v) is 14.2. The quantitative estimate of drug-likeness (QED) is 0.181. The molecule has 4 aromatic rings. The summed E-state index contributed by atoms with van der Waals surface area (Å²) in [6.45, 7) is 3.93. The summed E-state index contributed by atoms with van der Waals surface area (Å²) in [5.74, 6) is 0.00404. The molecule has 1 saturated carbocycles. The van der Waals surface area contributed by atoms with Crippen LogP contribution in [0.15, 0.2) is 121 Å². The number of hydrogen-bond acceptors (Lipinski definition) is 5. The molecule has 41 heavy (non-hydrogen) atoms. The predicted octanol–water partition coefficient (Wildman–Crippen LogP) is 6.94. The summed E-state index contributed by atoms with van der Waals surface area (Å²) in [4.78, 5) is 13.8. The lowest BCUT2D eigenvalue weighted by atomic mass is 9.70. The van der Waals surface area contributed by atoms with Gasteiger partial charge in [0.05, 0.1) is 39.1 Å². The molecule has 1 aliphatic rings. The number of hydrogen-bond donors (Lipinski definition) is 0. The van der Waals surface area contributed by atoms with E-state index in [0.29, 0.717) is 33.0 Å². The highest BCUT2D eigenvalue weighted by molar-refractivity contribution is 5.85. The van der Waals surface area contributed by atoms with Gasteiger partial charge in [0.25, 0.3) is 0 Å². The summed E-state index contributed by atoms with van der Waals surface area (Å²) in [6, 6.07) is 40.0. The van der Waals surface area contributed by atoms with E-state index in [-0.39, 0.29) is 12.2 Å². The van der Waals surface area contributed by atoms with Crippen molar-refractivity contribution in [3.8, 4) is 0 Å². The molecule has 1 aliphatic carbocycles. The van der Waals surface area contributed by atoms with Crippen LogP contribution in [0, 0.1) is 5.41 Å². The maximum Gasteiger partial charge on any atom is 0.165 e. The van der Waals surface area contributed by atoms with Crippen molar-refractivity contribution < 1.29 is 23.7 Å². The van der Waals surface area contributed by atoms with E-state index in [0.717, 1.165) is 22.3 Å². The van der Waals surface area contributed by atoms with Crippen LogP contribution in [0.4, 0.5) is 0 Å². The van der Waals surface area contributed by atoms with E-state index >= 15 is 0 Å². The minimum Gasteiger partial charge on any atom is -0.376 e. The van der Waals surface area contributed by atoms with Crippen molar-refractivity contribution in [2.75, 3.05) is 6.61 Å². The molecule has 5 nitrogen and oxygen atoms in total. The van der Waals surface area contributed by atoms with Crippen molar-refractivity contribution in [1.29, 1.82) is 0 Å². The molecule has 0 heterocycles. The van der Waals surface area contributed by atoms with Crippen LogP contribution in [0.1, 0.15) is 35.6 Å². The summed E-state index contributed by atoms with van der Waals surface area (Å²) in [5, 5.41) is 0. The molecule has 0 N–H and O–H groups in total. The highest BCUT2D eigenvalue weighted by atomic mass is 16.6. The van der Waals surface area contributed by atoms with E-state index in [1.54, 1.807) is 0 Å². The standard InChI is InChI=1S/C36H38O5/c1-36(27-38-23-28-14-6-2-7-15-28)22-32(37)33(39-24-29-16-8-3-9-17-29)34(40-25-30-18-10-4-11-19-30)35(36)41-26-31-20-12-5-13-21-31/h2-21,33-35H,22-27H2,1H3/t33-,34+,35-,36+/m0/s1.